The zero-order valence-electron chi connectivity index (χ0n) is 9.96. The Kier molecular flexibility index (Phi) is 5.93. The van der Waals surface area contributed by atoms with Gasteiger partial charge in [-0.25, -0.2) is 4.79 Å². The van der Waals surface area contributed by atoms with Crippen LogP contribution in [0.1, 0.15) is 20.8 Å². The lowest BCUT2D eigenvalue weighted by molar-refractivity contribution is -0.146. The summed E-state index contributed by atoms with van der Waals surface area (Å²) in [5.74, 6) is -0.617. The first kappa shape index (κ1) is 13.9. The molecule has 0 aliphatic heterocycles. The smallest absolute Gasteiger partial charge is 0.328 e. The molecule has 0 rings (SSSR count). The molecule has 0 aromatic carbocycles. The Hall–Kier alpha value is -1.10. The molecule has 1 unspecified atom stereocenters. The Morgan fingerprint density at radius 2 is 1.73 bits per heavy atom. The van der Waals surface area contributed by atoms with Gasteiger partial charge in [0.25, 0.3) is 0 Å². The van der Waals surface area contributed by atoms with Crippen LogP contribution in [0.25, 0.3) is 0 Å². The average Bonchev–Trinajstić information content (AvgIpc) is 2.22. The minimum Gasteiger partial charge on any atom is -0.467 e. The van der Waals surface area contributed by atoms with Gasteiger partial charge in [-0.05, 0) is 19.9 Å². The summed E-state index contributed by atoms with van der Waals surface area (Å²) in [4.78, 5) is 22.9. The van der Waals surface area contributed by atoms with Crippen molar-refractivity contribution >= 4 is 11.9 Å². The summed E-state index contributed by atoms with van der Waals surface area (Å²) in [6, 6.07) is -0.908. The molecule has 5 heteroatoms. The maximum atomic E-state index is 11.5. The highest BCUT2D eigenvalue weighted by Crippen LogP contribution is 2.03. The largest absolute Gasteiger partial charge is 0.467 e. The van der Waals surface area contributed by atoms with E-state index in [0.29, 0.717) is 0 Å². The van der Waals surface area contributed by atoms with E-state index in [1.54, 1.807) is 14.0 Å². The maximum absolute atomic E-state index is 11.5. The molecule has 1 amide bonds. The monoisotopic (exact) mass is 216 g/mol. The fourth-order valence-corrected chi connectivity index (χ4v) is 1.03. The normalized spacial score (nSPS) is 14.5. The van der Waals surface area contributed by atoms with Crippen molar-refractivity contribution in [3.63, 3.8) is 0 Å². The molecule has 0 bridgehead atoms. The van der Waals surface area contributed by atoms with Crippen molar-refractivity contribution < 1.29 is 14.3 Å². The second-order valence-corrected chi connectivity index (χ2v) is 3.76. The number of carbonyl (C=O) groups excluding carboxylic acids is 2. The van der Waals surface area contributed by atoms with E-state index < -0.39 is 12.0 Å². The molecule has 0 aromatic rings. The number of esters is 1. The summed E-state index contributed by atoms with van der Waals surface area (Å²) >= 11 is 0. The maximum Gasteiger partial charge on any atom is 0.328 e. The summed E-state index contributed by atoms with van der Waals surface area (Å²) in [5.41, 5.74) is 0. The lowest BCUT2D eigenvalue weighted by atomic mass is 10.0. The van der Waals surface area contributed by atoms with Gasteiger partial charge in [0.15, 0.2) is 0 Å². The molecular weight excluding hydrogens is 196 g/mol. The van der Waals surface area contributed by atoms with Gasteiger partial charge in [0, 0.05) is 0 Å². The summed E-state index contributed by atoms with van der Waals surface area (Å²) in [6.45, 7) is 5.43. The van der Waals surface area contributed by atoms with Crippen LogP contribution in [-0.2, 0) is 14.3 Å². The molecule has 2 atom stereocenters. The zero-order valence-corrected chi connectivity index (χ0v) is 9.96. The van der Waals surface area contributed by atoms with Crippen molar-refractivity contribution in [2.75, 3.05) is 14.2 Å². The van der Waals surface area contributed by atoms with Gasteiger partial charge in [-0.15, -0.1) is 0 Å². The second kappa shape index (κ2) is 6.40. The molecule has 0 fully saturated rings. The highest BCUT2D eigenvalue weighted by atomic mass is 16.5. The topological polar surface area (TPSA) is 67.4 Å². The van der Waals surface area contributed by atoms with Crippen LogP contribution in [0.3, 0.4) is 0 Å². The summed E-state index contributed by atoms with van der Waals surface area (Å²) in [6.07, 6.45) is 0. The molecule has 0 saturated carbocycles. The van der Waals surface area contributed by atoms with Gasteiger partial charge in [0.1, 0.15) is 6.04 Å². The van der Waals surface area contributed by atoms with Crippen LogP contribution in [0.4, 0.5) is 0 Å². The predicted molar refractivity (Wildman–Crippen MR) is 57.3 cm³/mol. The van der Waals surface area contributed by atoms with Crippen molar-refractivity contribution in [1.82, 2.24) is 10.6 Å². The lowest BCUT2D eigenvalue weighted by Gasteiger charge is -2.21. The third-order valence-electron chi connectivity index (χ3n) is 2.25. The average molecular weight is 216 g/mol. The van der Waals surface area contributed by atoms with E-state index in [1.165, 1.54) is 7.11 Å². The Labute approximate surface area is 90.6 Å². The fraction of sp³-hybridized carbons (Fsp3) is 0.800. The number of carbonyl (C=O) groups is 2. The Morgan fingerprint density at radius 3 is 2.07 bits per heavy atom. The van der Waals surface area contributed by atoms with Crippen molar-refractivity contribution in [2.24, 2.45) is 5.92 Å². The van der Waals surface area contributed by atoms with E-state index in [4.69, 9.17) is 0 Å². The van der Waals surface area contributed by atoms with Crippen LogP contribution in [0.15, 0.2) is 0 Å². The van der Waals surface area contributed by atoms with Crippen LogP contribution in [0.2, 0.25) is 0 Å². The molecule has 0 spiro atoms. The van der Waals surface area contributed by atoms with Gasteiger partial charge < -0.3 is 15.4 Å². The van der Waals surface area contributed by atoms with E-state index in [1.807, 2.05) is 13.8 Å². The van der Waals surface area contributed by atoms with Crippen LogP contribution in [0, 0.1) is 5.92 Å². The minimum atomic E-state index is -0.585. The van der Waals surface area contributed by atoms with E-state index in [2.05, 4.69) is 15.4 Å². The molecule has 0 aliphatic carbocycles. The highest BCUT2D eigenvalue weighted by Gasteiger charge is 2.26. The number of likely N-dealkylation sites (N-methyl/N-ethyl adjacent to an activating group) is 1. The van der Waals surface area contributed by atoms with Crippen molar-refractivity contribution in [1.29, 1.82) is 0 Å². The van der Waals surface area contributed by atoms with Crippen molar-refractivity contribution in [3.05, 3.63) is 0 Å². The molecule has 0 saturated heterocycles. The number of hydrogen-bond acceptors (Lipinski definition) is 4. The van der Waals surface area contributed by atoms with Gasteiger partial charge in [0.2, 0.25) is 5.91 Å². The van der Waals surface area contributed by atoms with E-state index in [0.717, 1.165) is 0 Å². The number of methoxy groups -OCH3 is 1. The first-order valence-corrected chi connectivity index (χ1v) is 4.99. The molecule has 0 radical (unpaired) electrons. The Bertz CT molecular complexity index is 229. The minimum absolute atomic E-state index is 0.00505. The van der Waals surface area contributed by atoms with E-state index in [-0.39, 0.29) is 17.9 Å². The molecule has 5 nitrogen and oxygen atoms in total. The van der Waals surface area contributed by atoms with Gasteiger partial charge in [-0.1, -0.05) is 13.8 Å². The number of nitrogens with one attached hydrogen (secondary N) is 2. The summed E-state index contributed by atoms with van der Waals surface area (Å²) < 4.78 is 4.61. The van der Waals surface area contributed by atoms with Crippen LogP contribution < -0.4 is 10.6 Å². The first-order chi connectivity index (χ1) is 6.93. The second-order valence-electron chi connectivity index (χ2n) is 3.76. The Balaban J connectivity index is 4.42. The third-order valence-corrected chi connectivity index (χ3v) is 2.25. The third kappa shape index (κ3) is 4.29. The summed E-state index contributed by atoms with van der Waals surface area (Å²) in [7, 11) is 3.00. The predicted octanol–water partition coefficient (Wildman–Crippen LogP) is -0.0919. The van der Waals surface area contributed by atoms with Gasteiger partial charge in [-0.3, -0.25) is 4.79 Å². The zero-order chi connectivity index (χ0) is 12.0. The van der Waals surface area contributed by atoms with Crippen molar-refractivity contribution in [2.45, 2.75) is 32.9 Å². The highest BCUT2D eigenvalue weighted by molar-refractivity contribution is 5.87. The van der Waals surface area contributed by atoms with Crippen molar-refractivity contribution in [3.8, 4) is 0 Å². The quantitative estimate of drug-likeness (QED) is 0.630. The Morgan fingerprint density at radius 1 is 1.20 bits per heavy atom. The van der Waals surface area contributed by atoms with E-state index >= 15 is 0 Å². The number of rotatable bonds is 5. The summed E-state index contributed by atoms with van der Waals surface area (Å²) in [5, 5.41) is 5.44. The lowest BCUT2D eigenvalue weighted by Crippen LogP contribution is -2.50. The molecule has 0 heterocycles. The number of amides is 1. The molecule has 0 aliphatic rings. The number of ether oxygens (including phenoxy) is 1. The van der Waals surface area contributed by atoms with E-state index in [9.17, 15) is 9.59 Å². The van der Waals surface area contributed by atoms with Crippen LogP contribution >= 0.6 is 0 Å². The first-order valence-electron chi connectivity index (χ1n) is 4.99. The fourth-order valence-electron chi connectivity index (χ4n) is 1.03. The number of hydrogen-bond donors (Lipinski definition) is 2. The SMILES string of the molecule is CNC(C)C(=O)N[C@H](C(=O)OC)C(C)C. The molecule has 88 valence electrons. The van der Waals surface area contributed by atoms with Gasteiger partial charge in [-0.2, -0.15) is 0 Å². The standard InChI is InChI=1S/C10H20N2O3/c1-6(2)8(10(14)15-5)12-9(13)7(3)11-4/h6-8,11H,1-5H3,(H,12,13)/t7?,8-/m0/s1. The molecule has 15 heavy (non-hydrogen) atoms. The van der Waals surface area contributed by atoms with Gasteiger partial charge in [0.05, 0.1) is 13.2 Å². The molecule has 0 aromatic heterocycles. The molecular formula is C10H20N2O3. The van der Waals surface area contributed by atoms with Crippen LogP contribution in [0.5, 0.6) is 0 Å². The van der Waals surface area contributed by atoms with Crippen LogP contribution in [-0.4, -0.2) is 38.1 Å². The van der Waals surface area contributed by atoms with Gasteiger partial charge >= 0.3 is 5.97 Å². The molecule has 2 N–H and O–H groups in total.